The highest BCUT2D eigenvalue weighted by Gasteiger charge is 2.16. The standard InChI is InChI=1S/C12H19N5S2/c1-8-7-18-12(15-8)9-10(13)16-19-11(9)14-5-4-6-17(2)3/h7,14H,4-6H2,1-3H3,(H2,13,16). The van der Waals surface area contributed by atoms with E-state index in [0.717, 1.165) is 40.8 Å². The monoisotopic (exact) mass is 297 g/mol. The van der Waals surface area contributed by atoms with Gasteiger partial charge in [0, 0.05) is 17.6 Å². The summed E-state index contributed by atoms with van der Waals surface area (Å²) in [4.78, 5) is 6.66. The molecule has 0 saturated carbocycles. The Morgan fingerprint density at radius 2 is 2.21 bits per heavy atom. The summed E-state index contributed by atoms with van der Waals surface area (Å²) in [5, 5.41) is 7.41. The lowest BCUT2D eigenvalue weighted by Crippen LogP contribution is -2.16. The summed E-state index contributed by atoms with van der Waals surface area (Å²) in [6.45, 7) is 3.96. The molecule has 2 rings (SSSR count). The number of nitrogen functional groups attached to an aromatic ring is 1. The number of hydrogen-bond donors (Lipinski definition) is 2. The lowest BCUT2D eigenvalue weighted by atomic mass is 10.3. The van der Waals surface area contributed by atoms with Crippen LogP contribution < -0.4 is 11.1 Å². The van der Waals surface area contributed by atoms with Crippen molar-refractivity contribution >= 4 is 33.7 Å². The first kappa shape index (κ1) is 14.2. The maximum Gasteiger partial charge on any atom is 0.149 e. The van der Waals surface area contributed by atoms with E-state index in [1.54, 1.807) is 11.3 Å². The Hall–Kier alpha value is -1.18. The molecular weight excluding hydrogens is 278 g/mol. The zero-order valence-electron chi connectivity index (χ0n) is 11.4. The molecule has 0 fully saturated rings. The van der Waals surface area contributed by atoms with E-state index in [4.69, 9.17) is 5.73 Å². The molecule has 0 atom stereocenters. The van der Waals surface area contributed by atoms with Crippen molar-refractivity contribution in [2.24, 2.45) is 0 Å². The Balaban J connectivity index is 2.06. The molecule has 0 radical (unpaired) electrons. The summed E-state index contributed by atoms with van der Waals surface area (Å²) in [6.07, 6.45) is 1.08. The zero-order chi connectivity index (χ0) is 13.8. The minimum absolute atomic E-state index is 0.564. The van der Waals surface area contributed by atoms with Crippen molar-refractivity contribution in [2.45, 2.75) is 13.3 Å². The Labute approximate surface area is 121 Å². The van der Waals surface area contributed by atoms with Gasteiger partial charge in [-0.15, -0.1) is 11.3 Å². The van der Waals surface area contributed by atoms with E-state index >= 15 is 0 Å². The molecule has 0 amide bonds. The fourth-order valence-corrected chi connectivity index (χ4v) is 3.36. The molecule has 0 aliphatic heterocycles. The minimum Gasteiger partial charge on any atom is -0.382 e. The van der Waals surface area contributed by atoms with E-state index in [2.05, 4.69) is 33.7 Å². The van der Waals surface area contributed by atoms with Crippen LogP contribution in [0.2, 0.25) is 0 Å². The predicted octanol–water partition coefficient (Wildman–Crippen LogP) is 2.52. The number of anilines is 2. The molecule has 2 aromatic rings. The van der Waals surface area contributed by atoms with Crippen molar-refractivity contribution in [1.82, 2.24) is 14.3 Å². The quantitative estimate of drug-likeness (QED) is 0.802. The molecule has 0 aliphatic rings. The lowest BCUT2D eigenvalue weighted by molar-refractivity contribution is 0.405. The zero-order valence-corrected chi connectivity index (χ0v) is 13.1. The molecule has 104 valence electrons. The molecule has 0 aliphatic carbocycles. The van der Waals surface area contributed by atoms with E-state index in [1.165, 1.54) is 11.5 Å². The van der Waals surface area contributed by atoms with Crippen LogP contribution >= 0.6 is 22.9 Å². The molecule has 0 bridgehead atoms. The van der Waals surface area contributed by atoms with Crippen LogP contribution in [-0.2, 0) is 0 Å². The van der Waals surface area contributed by atoms with Crippen molar-refractivity contribution in [3.8, 4) is 10.6 Å². The van der Waals surface area contributed by atoms with E-state index < -0.39 is 0 Å². The second-order valence-electron chi connectivity index (χ2n) is 4.65. The molecule has 0 aromatic carbocycles. The van der Waals surface area contributed by atoms with E-state index in [0.29, 0.717) is 5.82 Å². The fraction of sp³-hybridized carbons (Fsp3) is 0.500. The number of nitrogens with one attached hydrogen (secondary N) is 1. The van der Waals surface area contributed by atoms with Gasteiger partial charge in [-0.2, -0.15) is 4.37 Å². The summed E-state index contributed by atoms with van der Waals surface area (Å²) >= 11 is 3.01. The molecule has 3 N–H and O–H groups in total. The van der Waals surface area contributed by atoms with Gasteiger partial charge in [-0.1, -0.05) is 0 Å². The van der Waals surface area contributed by atoms with Crippen LogP contribution in [-0.4, -0.2) is 41.4 Å². The molecule has 0 saturated heterocycles. The van der Waals surface area contributed by atoms with Crippen LogP contribution in [0.15, 0.2) is 5.38 Å². The lowest BCUT2D eigenvalue weighted by Gasteiger charge is -2.10. The van der Waals surface area contributed by atoms with Crippen molar-refractivity contribution in [3.63, 3.8) is 0 Å². The van der Waals surface area contributed by atoms with Gasteiger partial charge in [0.2, 0.25) is 0 Å². The van der Waals surface area contributed by atoms with Crippen LogP contribution in [0.25, 0.3) is 10.6 Å². The number of aromatic nitrogens is 2. The third-order valence-electron chi connectivity index (χ3n) is 2.62. The molecule has 2 heterocycles. The molecule has 19 heavy (non-hydrogen) atoms. The number of aryl methyl sites for hydroxylation is 1. The molecule has 5 nitrogen and oxygen atoms in total. The van der Waals surface area contributed by atoms with E-state index in [9.17, 15) is 0 Å². The predicted molar refractivity (Wildman–Crippen MR) is 84.0 cm³/mol. The second kappa shape index (κ2) is 6.31. The van der Waals surface area contributed by atoms with Crippen molar-refractivity contribution in [1.29, 1.82) is 0 Å². The maximum atomic E-state index is 5.95. The number of rotatable bonds is 6. The second-order valence-corrected chi connectivity index (χ2v) is 6.28. The van der Waals surface area contributed by atoms with Crippen molar-refractivity contribution in [2.75, 3.05) is 38.2 Å². The topological polar surface area (TPSA) is 67.1 Å². The molecule has 2 aromatic heterocycles. The molecule has 7 heteroatoms. The number of nitrogens with two attached hydrogens (primary N) is 1. The first-order chi connectivity index (χ1) is 9.08. The average Bonchev–Trinajstić information content (AvgIpc) is 2.91. The number of nitrogens with zero attached hydrogens (tertiary/aromatic N) is 3. The van der Waals surface area contributed by atoms with E-state index in [-0.39, 0.29) is 0 Å². The molecule has 0 unspecified atom stereocenters. The van der Waals surface area contributed by atoms with Gasteiger partial charge in [0.25, 0.3) is 0 Å². The van der Waals surface area contributed by atoms with Gasteiger partial charge in [-0.3, -0.25) is 0 Å². The highest BCUT2D eigenvalue weighted by Crippen LogP contribution is 2.38. The van der Waals surface area contributed by atoms with Gasteiger partial charge in [-0.25, -0.2) is 4.98 Å². The Morgan fingerprint density at radius 1 is 1.42 bits per heavy atom. The van der Waals surface area contributed by atoms with Gasteiger partial charge < -0.3 is 16.0 Å². The third-order valence-corrected chi connectivity index (χ3v) is 4.42. The Morgan fingerprint density at radius 3 is 2.84 bits per heavy atom. The summed E-state index contributed by atoms with van der Waals surface area (Å²) in [7, 11) is 4.16. The minimum atomic E-state index is 0.564. The average molecular weight is 297 g/mol. The number of hydrogen-bond acceptors (Lipinski definition) is 7. The first-order valence-electron chi connectivity index (χ1n) is 6.14. The summed E-state index contributed by atoms with van der Waals surface area (Å²) < 4.78 is 4.23. The Bertz CT molecular complexity index is 532. The summed E-state index contributed by atoms with van der Waals surface area (Å²) in [6, 6.07) is 0. The SMILES string of the molecule is Cc1csc(-c2c(N)nsc2NCCCN(C)C)n1. The first-order valence-corrected chi connectivity index (χ1v) is 7.79. The fourth-order valence-electron chi connectivity index (χ4n) is 1.70. The third kappa shape index (κ3) is 3.65. The summed E-state index contributed by atoms with van der Waals surface area (Å²) in [5.41, 5.74) is 7.92. The molecule has 0 spiro atoms. The van der Waals surface area contributed by atoms with Crippen molar-refractivity contribution < 1.29 is 0 Å². The van der Waals surface area contributed by atoms with Crippen LogP contribution in [0.4, 0.5) is 10.8 Å². The smallest absolute Gasteiger partial charge is 0.149 e. The van der Waals surface area contributed by atoms with Gasteiger partial charge in [-0.05, 0) is 45.5 Å². The Kier molecular flexibility index (Phi) is 4.73. The summed E-state index contributed by atoms with van der Waals surface area (Å²) in [5.74, 6) is 0.564. The van der Waals surface area contributed by atoms with Crippen LogP contribution in [0, 0.1) is 6.92 Å². The highest BCUT2D eigenvalue weighted by molar-refractivity contribution is 7.15. The van der Waals surface area contributed by atoms with Crippen LogP contribution in [0.3, 0.4) is 0 Å². The van der Waals surface area contributed by atoms with Gasteiger partial charge in [0.15, 0.2) is 0 Å². The number of thiazole rings is 1. The largest absolute Gasteiger partial charge is 0.382 e. The van der Waals surface area contributed by atoms with Crippen LogP contribution in [0.5, 0.6) is 0 Å². The highest BCUT2D eigenvalue weighted by atomic mass is 32.1. The van der Waals surface area contributed by atoms with E-state index in [1.807, 2.05) is 12.3 Å². The normalized spacial score (nSPS) is 11.2. The van der Waals surface area contributed by atoms with Gasteiger partial charge in [0.1, 0.15) is 15.8 Å². The van der Waals surface area contributed by atoms with Crippen molar-refractivity contribution in [3.05, 3.63) is 11.1 Å². The van der Waals surface area contributed by atoms with Gasteiger partial charge >= 0.3 is 0 Å². The maximum absolute atomic E-state index is 5.95. The molecular formula is C12H19N5S2. The van der Waals surface area contributed by atoms with Gasteiger partial charge in [0.05, 0.1) is 5.56 Å². The van der Waals surface area contributed by atoms with Crippen LogP contribution in [0.1, 0.15) is 12.1 Å².